The zero-order valence-corrected chi connectivity index (χ0v) is 14.7. The van der Waals surface area contributed by atoms with E-state index in [1.54, 1.807) is 0 Å². The van der Waals surface area contributed by atoms with Gasteiger partial charge in [-0.2, -0.15) is 0 Å². The highest BCUT2D eigenvalue weighted by molar-refractivity contribution is 5.27. The van der Waals surface area contributed by atoms with Crippen molar-refractivity contribution >= 4 is 0 Å². The summed E-state index contributed by atoms with van der Waals surface area (Å²) in [6, 6.07) is 4.51. The Kier molecular flexibility index (Phi) is 4.83. The van der Waals surface area contributed by atoms with Gasteiger partial charge < -0.3 is 14.9 Å². The maximum atomic E-state index is 9.71. The minimum Gasteiger partial charge on any atom is -0.392 e. The molecule has 25 heavy (non-hydrogen) atoms. The zero-order chi connectivity index (χ0) is 17.2. The Morgan fingerprint density at radius 1 is 1.36 bits per heavy atom. The predicted octanol–water partition coefficient (Wildman–Crippen LogP) is 1.59. The molecule has 2 N–H and O–H groups in total. The van der Waals surface area contributed by atoms with E-state index in [0.717, 1.165) is 69.0 Å². The van der Waals surface area contributed by atoms with Gasteiger partial charge in [-0.3, -0.25) is 9.88 Å². The number of aliphatic hydroxyl groups excluding tert-OH is 1. The van der Waals surface area contributed by atoms with Gasteiger partial charge in [0.1, 0.15) is 11.5 Å². The molecular weight excluding hydrogens is 316 g/mol. The van der Waals surface area contributed by atoms with Crippen LogP contribution in [0.2, 0.25) is 0 Å². The monoisotopic (exact) mass is 342 g/mol. The molecule has 4 rings (SSSR count). The number of nitrogens with one attached hydrogen (secondary N) is 1. The second-order valence-electron chi connectivity index (χ2n) is 7.30. The maximum absolute atomic E-state index is 9.71. The van der Waals surface area contributed by atoms with E-state index in [0.29, 0.717) is 6.04 Å². The third-order valence-electron chi connectivity index (χ3n) is 5.42. The largest absolute Gasteiger partial charge is 0.392 e. The molecule has 0 bridgehead atoms. The van der Waals surface area contributed by atoms with Crippen molar-refractivity contribution in [2.24, 2.45) is 0 Å². The lowest BCUT2D eigenvalue weighted by Gasteiger charge is -2.23. The van der Waals surface area contributed by atoms with Crippen molar-refractivity contribution in [1.29, 1.82) is 0 Å². The number of nitrogens with zero attached hydrogens (tertiary/aromatic N) is 3. The zero-order valence-electron chi connectivity index (χ0n) is 14.7. The molecule has 1 fully saturated rings. The normalized spacial score (nSPS) is 23.8. The molecule has 0 spiro atoms. The average Bonchev–Trinajstić information content (AvgIpc) is 3.21. The lowest BCUT2D eigenvalue weighted by Crippen LogP contribution is -2.34. The molecule has 3 heterocycles. The molecule has 1 aliphatic carbocycles. The minimum absolute atomic E-state index is 0.196. The van der Waals surface area contributed by atoms with Gasteiger partial charge in [0.25, 0.3) is 0 Å². The van der Waals surface area contributed by atoms with Crippen LogP contribution in [0.15, 0.2) is 22.9 Å². The van der Waals surface area contributed by atoms with E-state index in [1.165, 1.54) is 11.1 Å². The van der Waals surface area contributed by atoms with Crippen molar-refractivity contribution in [3.8, 4) is 0 Å². The first-order valence-corrected chi connectivity index (χ1v) is 9.19. The molecule has 2 aromatic heterocycles. The number of likely N-dealkylation sites (tertiary alicyclic amines) is 1. The van der Waals surface area contributed by atoms with Crippen molar-refractivity contribution in [1.82, 2.24) is 20.4 Å². The Hall–Kier alpha value is -1.76. The third-order valence-corrected chi connectivity index (χ3v) is 5.42. The van der Waals surface area contributed by atoms with E-state index in [4.69, 9.17) is 4.52 Å². The summed E-state index contributed by atoms with van der Waals surface area (Å²) in [5, 5.41) is 17.7. The molecule has 0 saturated carbocycles. The molecule has 1 saturated heterocycles. The highest BCUT2D eigenvalue weighted by atomic mass is 16.5. The first-order chi connectivity index (χ1) is 12.2. The second kappa shape index (κ2) is 7.23. The average molecular weight is 342 g/mol. The van der Waals surface area contributed by atoms with E-state index in [2.05, 4.69) is 33.3 Å². The number of pyridine rings is 1. The highest BCUT2D eigenvalue weighted by Gasteiger charge is 2.28. The van der Waals surface area contributed by atoms with Gasteiger partial charge in [0.2, 0.25) is 0 Å². The van der Waals surface area contributed by atoms with Crippen LogP contribution >= 0.6 is 0 Å². The van der Waals surface area contributed by atoms with Crippen molar-refractivity contribution in [3.63, 3.8) is 0 Å². The summed E-state index contributed by atoms with van der Waals surface area (Å²) >= 11 is 0. The smallest absolute Gasteiger partial charge is 0.140 e. The molecule has 1 aliphatic heterocycles. The summed E-state index contributed by atoms with van der Waals surface area (Å²) in [7, 11) is 0. The maximum Gasteiger partial charge on any atom is 0.140 e. The van der Waals surface area contributed by atoms with Gasteiger partial charge in [-0.1, -0.05) is 11.2 Å². The molecule has 2 aliphatic rings. The number of aromatic nitrogens is 2. The number of hydrogen-bond donors (Lipinski definition) is 2. The van der Waals surface area contributed by atoms with E-state index in [-0.39, 0.29) is 6.10 Å². The fraction of sp³-hybridized carbons (Fsp3) is 0.579. The molecule has 6 nitrogen and oxygen atoms in total. The number of fused-ring (bicyclic) bond motifs is 1. The van der Waals surface area contributed by atoms with E-state index in [9.17, 15) is 5.11 Å². The van der Waals surface area contributed by atoms with Crippen LogP contribution < -0.4 is 5.32 Å². The van der Waals surface area contributed by atoms with Gasteiger partial charge in [-0.25, -0.2) is 0 Å². The summed E-state index contributed by atoms with van der Waals surface area (Å²) in [5.74, 6) is 1.04. The highest BCUT2D eigenvalue weighted by Crippen LogP contribution is 2.26. The number of rotatable bonds is 5. The molecule has 0 aromatic carbocycles. The van der Waals surface area contributed by atoms with Crippen molar-refractivity contribution in [2.45, 2.75) is 57.8 Å². The molecule has 0 radical (unpaired) electrons. The molecule has 0 amide bonds. The number of aryl methyl sites for hydroxylation is 2. The summed E-state index contributed by atoms with van der Waals surface area (Å²) in [5.41, 5.74) is 4.65. The SMILES string of the molecule is Cc1cccnc1CNC1CCc2onc(CN3CC[C@@H](O)C3)c2C1. The van der Waals surface area contributed by atoms with Gasteiger partial charge in [-0.05, 0) is 37.8 Å². The fourth-order valence-electron chi connectivity index (χ4n) is 3.87. The first-order valence-electron chi connectivity index (χ1n) is 9.19. The standard InChI is InChI=1S/C19H26N4O2/c1-13-3-2-7-20-17(13)10-21-14-4-5-19-16(9-14)18(22-25-19)12-23-8-6-15(24)11-23/h2-3,7,14-15,21,24H,4-6,8-12H2,1H3/t14?,15-/m1/s1. The van der Waals surface area contributed by atoms with Crippen LogP contribution in [-0.4, -0.2) is 45.4 Å². The Morgan fingerprint density at radius 2 is 2.28 bits per heavy atom. The number of hydrogen-bond acceptors (Lipinski definition) is 6. The Morgan fingerprint density at radius 3 is 3.08 bits per heavy atom. The molecule has 2 atom stereocenters. The molecule has 6 heteroatoms. The summed E-state index contributed by atoms with van der Waals surface area (Å²) < 4.78 is 5.58. The van der Waals surface area contributed by atoms with E-state index < -0.39 is 0 Å². The van der Waals surface area contributed by atoms with Crippen LogP contribution in [-0.2, 0) is 25.9 Å². The van der Waals surface area contributed by atoms with Gasteiger partial charge in [0.15, 0.2) is 0 Å². The van der Waals surface area contributed by atoms with E-state index in [1.807, 2.05) is 12.3 Å². The molecule has 1 unspecified atom stereocenters. The molecular formula is C19H26N4O2. The summed E-state index contributed by atoms with van der Waals surface area (Å²) in [6.45, 7) is 5.35. The predicted molar refractivity (Wildman–Crippen MR) is 94.0 cm³/mol. The van der Waals surface area contributed by atoms with Gasteiger partial charge in [0.05, 0.1) is 11.8 Å². The van der Waals surface area contributed by atoms with Crippen molar-refractivity contribution in [3.05, 3.63) is 46.6 Å². The second-order valence-corrected chi connectivity index (χ2v) is 7.30. The van der Waals surface area contributed by atoms with Gasteiger partial charge in [0, 0.05) is 50.4 Å². The lowest BCUT2D eigenvalue weighted by atomic mass is 9.92. The topological polar surface area (TPSA) is 74.4 Å². The van der Waals surface area contributed by atoms with Crippen LogP contribution in [0.3, 0.4) is 0 Å². The number of aliphatic hydroxyl groups is 1. The number of β-amino-alcohol motifs (C(OH)–C–C–N with tert-alkyl or cyclic N) is 1. The molecule has 134 valence electrons. The van der Waals surface area contributed by atoms with Crippen LogP contribution in [0, 0.1) is 6.92 Å². The lowest BCUT2D eigenvalue weighted by molar-refractivity contribution is 0.173. The van der Waals surface area contributed by atoms with Crippen LogP contribution in [0.5, 0.6) is 0 Å². The van der Waals surface area contributed by atoms with Crippen LogP contribution in [0.4, 0.5) is 0 Å². The summed E-state index contributed by atoms with van der Waals surface area (Å²) in [6.07, 6.45) is 5.47. The van der Waals surface area contributed by atoms with Crippen molar-refractivity contribution in [2.75, 3.05) is 13.1 Å². The van der Waals surface area contributed by atoms with Gasteiger partial charge in [-0.15, -0.1) is 0 Å². The minimum atomic E-state index is -0.196. The third kappa shape index (κ3) is 3.76. The van der Waals surface area contributed by atoms with Crippen LogP contribution in [0.1, 0.15) is 41.1 Å². The molecule has 2 aromatic rings. The summed E-state index contributed by atoms with van der Waals surface area (Å²) in [4.78, 5) is 6.73. The van der Waals surface area contributed by atoms with Crippen molar-refractivity contribution < 1.29 is 9.63 Å². The van der Waals surface area contributed by atoms with Gasteiger partial charge >= 0.3 is 0 Å². The van der Waals surface area contributed by atoms with Crippen LogP contribution in [0.25, 0.3) is 0 Å². The Bertz CT molecular complexity index is 730. The fourth-order valence-corrected chi connectivity index (χ4v) is 3.87. The quantitative estimate of drug-likeness (QED) is 0.860. The Balaban J connectivity index is 1.38. The van der Waals surface area contributed by atoms with E-state index >= 15 is 0 Å². The Labute approximate surface area is 148 Å². The first kappa shape index (κ1) is 16.7.